The Hall–Kier alpha value is -4.83. The second-order valence-electron chi connectivity index (χ2n) is 12.0. The Labute approximate surface area is 262 Å². The van der Waals surface area contributed by atoms with Gasteiger partial charge in [0.05, 0.1) is 0 Å². The quantitative estimate of drug-likeness (QED) is 0.125. The van der Waals surface area contributed by atoms with Crippen LogP contribution in [0.3, 0.4) is 0 Å². The minimum Gasteiger partial charge on any atom is -0.480 e. The Kier molecular flexibility index (Phi) is 12.6. The number of alkyl carbamates (subject to hydrolysis) is 1. The fourth-order valence-electron chi connectivity index (χ4n) is 5.58. The minimum atomic E-state index is -1.22. The number of rotatable bonds is 16. The van der Waals surface area contributed by atoms with E-state index in [1.807, 2.05) is 76.2 Å². The van der Waals surface area contributed by atoms with E-state index in [2.05, 4.69) is 20.7 Å². The number of ether oxygens (including phenoxy) is 1. The lowest BCUT2D eigenvalue weighted by molar-refractivity contribution is -0.138. The zero-order valence-electron chi connectivity index (χ0n) is 26.0. The van der Waals surface area contributed by atoms with Crippen LogP contribution in [-0.2, 0) is 23.9 Å². The maximum absolute atomic E-state index is 13.5. The summed E-state index contributed by atoms with van der Waals surface area (Å²) in [5, 5.41) is 16.6. The van der Waals surface area contributed by atoms with Crippen molar-refractivity contribution in [1.29, 1.82) is 0 Å². The van der Waals surface area contributed by atoms with Crippen molar-refractivity contribution >= 4 is 35.9 Å². The average molecular weight is 620 g/mol. The zero-order chi connectivity index (χ0) is 33.1. The number of carbonyl (C=O) groups excluding carboxylic acids is 4. The first-order valence-electron chi connectivity index (χ1n) is 15.1. The number of nitrogens with one attached hydrogen (secondary N) is 3. The van der Waals surface area contributed by atoms with Crippen molar-refractivity contribution in [3.8, 4) is 11.1 Å². The number of carboxylic acids is 1. The van der Waals surface area contributed by atoms with E-state index in [-0.39, 0.29) is 37.5 Å². The largest absolute Gasteiger partial charge is 0.480 e. The normalized spacial score (nSPS) is 13.9. The number of hydrogen-bond acceptors (Lipinski definition) is 6. The summed E-state index contributed by atoms with van der Waals surface area (Å²) in [5.41, 5.74) is 12.6. The van der Waals surface area contributed by atoms with E-state index in [1.54, 1.807) is 0 Å². The summed E-state index contributed by atoms with van der Waals surface area (Å²) in [5.74, 6) is -3.32. The van der Waals surface area contributed by atoms with Gasteiger partial charge in [-0.1, -0.05) is 76.2 Å². The summed E-state index contributed by atoms with van der Waals surface area (Å²) in [7, 11) is 0. The maximum Gasteiger partial charge on any atom is 0.408 e. The number of carboxylic acid groups (broad SMARTS) is 1. The van der Waals surface area contributed by atoms with Crippen LogP contribution in [0.4, 0.5) is 4.79 Å². The Morgan fingerprint density at radius 2 is 1.40 bits per heavy atom. The molecule has 0 aliphatic heterocycles. The van der Waals surface area contributed by atoms with Gasteiger partial charge < -0.3 is 31.3 Å². The molecule has 3 rings (SSSR count). The Morgan fingerprint density at radius 3 is 1.91 bits per heavy atom. The molecule has 3 atom stereocenters. The monoisotopic (exact) mass is 619 g/mol. The fraction of sp³-hybridized carbons (Fsp3) is 0.455. The molecule has 4 N–H and O–H groups in total. The smallest absolute Gasteiger partial charge is 0.408 e. The molecule has 1 aliphatic rings. The Balaban J connectivity index is 1.85. The van der Waals surface area contributed by atoms with E-state index in [1.165, 1.54) is 0 Å². The Morgan fingerprint density at radius 1 is 0.867 bits per heavy atom. The van der Waals surface area contributed by atoms with Crippen LogP contribution in [0.1, 0.15) is 70.4 Å². The molecule has 2 aromatic rings. The molecule has 3 unspecified atom stereocenters. The van der Waals surface area contributed by atoms with Crippen LogP contribution < -0.4 is 16.0 Å². The molecule has 0 saturated carbocycles. The first kappa shape index (κ1) is 34.7. The van der Waals surface area contributed by atoms with Crippen molar-refractivity contribution in [2.45, 2.75) is 77.5 Å². The van der Waals surface area contributed by atoms with Gasteiger partial charge in [0.1, 0.15) is 24.7 Å². The van der Waals surface area contributed by atoms with Crippen molar-refractivity contribution in [3.05, 3.63) is 65.2 Å². The van der Waals surface area contributed by atoms with Gasteiger partial charge in [-0.05, 0) is 53.4 Å². The van der Waals surface area contributed by atoms with E-state index in [0.29, 0.717) is 0 Å². The molecule has 0 radical (unpaired) electrons. The molecule has 45 heavy (non-hydrogen) atoms. The second kappa shape index (κ2) is 16.3. The lowest BCUT2D eigenvalue weighted by Gasteiger charge is -2.28. The van der Waals surface area contributed by atoms with Crippen molar-refractivity contribution < 1.29 is 38.6 Å². The van der Waals surface area contributed by atoms with Gasteiger partial charge in [0, 0.05) is 12.3 Å². The molecule has 2 aromatic carbocycles. The molecule has 0 spiro atoms. The first-order valence-corrected chi connectivity index (χ1v) is 15.1. The van der Waals surface area contributed by atoms with Gasteiger partial charge in [-0.25, -0.2) is 4.79 Å². The van der Waals surface area contributed by atoms with Gasteiger partial charge in [0.2, 0.25) is 17.6 Å². The van der Waals surface area contributed by atoms with Crippen molar-refractivity contribution in [3.63, 3.8) is 0 Å². The fourth-order valence-corrected chi connectivity index (χ4v) is 5.58. The number of hydrogen-bond donors (Lipinski definition) is 4. The SMILES string of the molecule is CC(C)CC(NC(=O)OC(CCC(=O)C=[N+]=[N-])C1c2ccccc2-c2ccccc21)C(=O)NC(CC(C)C)C(=O)NCC(=O)O. The molecule has 0 bridgehead atoms. The molecule has 0 aromatic heterocycles. The van der Waals surface area contributed by atoms with Crippen molar-refractivity contribution in [2.75, 3.05) is 6.54 Å². The van der Waals surface area contributed by atoms with Crippen molar-refractivity contribution in [2.24, 2.45) is 11.8 Å². The second-order valence-corrected chi connectivity index (χ2v) is 12.0. The minimum absolute atomic E-state index is 0.00358. The number of Topliss-reactive ketones (excluding diaryl/α,β-unsaturated/α-hetero) is 1. The highest BCUT2D eigenvalue weighted by Crippen LogP contribution is 2.47. The highest BCUT2D eigenvalue weighted by atomic mass is 16.6. The maximum atomic E-state index is 13.5. The third-order valence-electron chi connectivity index (χ3n) is 7.46. The van der Waals surface area contributed by atoms with E-state index >= 15 is 0 Å². The molecule has 0 heterocycles. The number of carbonyl (C=O) groups is 5. The predicted molar refractivity (Wildman–Crippen MR) is 166 cm³/mol. The van der Waals surface area contributed by atoms with E-state index in [9.17, 15) is 24.0 Å². The molecular weight excluding hydrogens is 578 g/mol. The highest BCUT2D eigenvalue weighted by molar-refractivity contribution is 6.25. The third-order valence-corrected chi connectivity index (χ3v) is 7.46. The first-order chi connectivity index (χ1) is 21.4. The summed E-state index contributed by atoms with van der Waals surface area (Å²) >= 11 is 0. The number of fused-ring (bicyclic) bond motifs is 3. The van der Waals surface area contributed by atoms with Crippen LogP contribution in [-0.4, -0.2) is 70.5 Å². The summed E-state index contributed by atoms with van der Waals surface area (Å²) in [6, 6.07) is 13.4. The summed E-state index contributed by atoms with van der Waals surface area (Å²) in [4.78, 5) is 65.6. The van der Waals surface area contributed by atoms with Crippen LogP contribution in [0.5, 0.6) is 0 Å². The molecule has 12 nitrogen and oxygen atoms in total. The van der Waals surface area contributed by atoms with E-state index in [4.69, 9.17) is 15.4 Å². The van der Waals surface area contributed by atoms with Crippen molar-refractivity contribution in [1.82, 2.24) is 16.0 Å². The summed E-state index contributed by atoms with van der Waals surface area (Å²) < 4.78 is 5.99. The zero-order valence-corrected chi connectivity index (χ0v) is 26.0. The molecule has 0 fully saturated rings. The molecular formula is C33H41N5O7. The lowest BCUT2D eigenvalue weighted by Crippen LogP contribution is -2.55. The summed E-state index contributed by atoms with van der Waals surface area (Å²) in [6.07, 6.45) is -0.336. The van der Waals surface area contributed by atoms with Gasteiger partial charge in [0.15, 0.2) is 0 Å². The van der Waals surface area contributed by atoms with Gasteiger partial charge in [-0.3, -0.25) is 19.2 Å². The molecule has 1 aliphatic carbocycles. The lowest BCUT2D eigenvalue weighted by atomic mass is 9.88. The van der Waals surface area contributed by atoms with Gasteiger partial charge in [-0.2, -0.15) is 4.79 Å². The van der Waals surface area contributed by atoms with E-state index < -0.39 is 60.3 Å². The summed E-state index contributed by atoms with van der Waals surface area (Å²) in [6.45, 7) is 6.89. The predicted octanol–water partition coefficient (Wildman–Crippen LogP) is 3.69. The van der Waals surface area contributed by atoms with Crippen LogP contribution in [0.25, 0.3) is 16.7 Å². The number of benzene rings is 2. The number of aliphatic carboxylic acids is 1. The van der Waals surface area contributed by atoms with E-state index in [0.717, 1.165) is 28.5 Å². The topological polar surface area (TPSA) is 187 Å². The molecule has 12 heteroatoms. The molecule has 3 amide bonds. The number of nitrogens with zero attached hydrogens (tertiary/aromatic N) is 2. The molecule has 0 saturated heterocycles. The van der Waals surface area contributed by atoms with Crippen LogP contribution in [0.15, 0.2) is 48.5 Å². The van der Waals surface area contributed by atoms with Gasteiger partial charge >= 0.3 is 18.3 Å². The van der Waals surface area contributed by atoms with Gasteiger partial charge in [-0.15, -0.1) is 0 Å². The number of ketones is 1. The highest BCUT2D eigenvalue weighted by Gasteiger charge is 2.37. The van der Waals surface area contributed by atoms with Gasteiger partial charge in [0.25, 0.3) is 0 Å². The Bertz CT molecular complexity index is 1400. The standard InChI is InChI=1S/C33H41N5O7/c1-19(2)15-26(31(42)35-18-29(40)41)37-32(43)27(16-20(3)4)38-33(44)45-28(14-13-21(39)17-36-34)30-24-11-7-5-9-22(24)23-10-6-8-12-25(23)30/h5-12,17,19-20,26-28,30H,13-16,18H2,1-4H3,(H,35,42)(H,37,43)(H,38,44)(H,40,41). The number of amides is 3. The molecule has 240 valence electrons. The van der Waals surface area contributed by atoms with Crippen LogP contribution in [0.2, 0.25) is 0 Å². The van der Waals surface area contributed by atoms with Crippen LogP contribution >= 0.6 is 0 Å². The van der Waals surface area contributed by atoms with Crippen LogP contribution in [0, 0.1) is 11.8 Å². The average Bonchev–Trinajstić information content (AvgIpc) is 3.31. The third kappa shape index (κ3) is 9.84.